The molecule has 0 saturated carbocycles. The topological polar surface area (TPSA) is 35.0 Å². The average Bonchev–Trinajstić information content (AvgIpc) is 2.76. The molecule has 1 aromatic heterocycles. The number of nitrogens with zero attached hydrogens (tertiary/aromatic N) is 2. The Morgan fingerprint density at radius 3 is 2.39 bits per heavy atom. The summed E-state index contributed by atoms with van der Waals surface area (Å²) in [4.78, 5) is 4.20. The zero-order chi connectivity index (χ0) is 13.2. The van der Waals surface area contributed by atoms with Crippen molar-refractivity contribution in [1.29, 1.82) is 0 Å². The molecule has 0 saturated heterocycles. The summed E-state index contributed by atoms with van der Waals surface area (Å²) in [5, 5.41) is 1.40. The predicted molar refractivity (Wildman–Crippen MR) is 64.7 cm³/mol. The lowest BCUT2D eigenvalue weighted by molar-refractivity contribution is -0.274. The lowest BCUT2D eigenvalue weighted by atomic mass is 10.2. The molecule has 0 aliphatic rings. The third-order valence-corrected chi connectivity index (χ3v) is 3.54. The van der Waals surface area contributed by atoms with Gasteiger partial charge >= 0.3 is 6.36 Å². The number of hydrogen-bond acceptors (Lipinski definition) is 4. The fourth-order valence-corrected chi connectivity index (χ4v) is 2.18. The van der Waals surface area contributed by atoms with Gasteiger partial charge in [0.2, 0.25) is 0 Å². The molecule has 18 heavy (non-hydrogen) atoms. The average molecular weight is 339 g/mol. The summed E-state index contributed by atoms with van der Waals surface area (Å²) in [6, 6.07) is 5.44. The second-order valence-electron chi connectivity index (χ2n) is 3.22. The molecule has 0 amide bonds. The van der Waals surface area contributed by atoms with Crippen LogP contribution in [0.5, 0.6) is 5.75 Å². The molecule has 0 unspecified atom stereocenters. The number of ether oxygens (including phenoxy) is 1. The number of alkyl halides is 4. The molecule has 0 aliphatic heterocycles. The summed E-state index contributed by atoms with van der Waals surface area (Å²) in [5.74, 6) is 0.232. The van der Waals surface area contributed by atoms with Crippen LogP contribution in [0.4, 0.5) is 13.2 Å². The Balaban J connectivity index is 2.17. The number of halogens is 4. The molecule has 3 nitrogen and oxygen atoms in total. The molecule has 0 spiro atoms. The minimum atomic E-state index is -4.68. The molecule has 0 fully saturated rings. The van der Waals surface area contributed by atoms with Crippen LogP contribution >= 0.6 is 27.5 Å². The van der Waals surface area contributed by atoms with Gasteiger partial charge in [-0.25, -0.2) is 4.98 Å². The Hall–Kier alpha value is -1.15. The maximum Gasteiger partial charge on any atom is 0.573 e. The monoisotopic (exact) mass is 338 g/mol. The van der Waals surface area contributed by atoms with Gasteiger partial charge in [0.15, 0.2) is 5.82 Å². The molecule has 0 N–H and O–H groups in total. The molecule has 0 bridgehead atoms. The molecular formula is C10H6BrF3N2OS. The van der Waals surface area contributed by atoms with Crippen LogP contribution in [0.1, 0.15) is 5.01 Å². The van der Waals surface area contributed by atoms with Gasteiger partial charge in [-0.15, -0.1) is 13.2 Å². The van der Waals surface area contributed by atoms with Gasteiger partial charge in [0.1, 0.15) is 10.8 Å². The number of aromatic nitrogens is 2. The van der Waals surface area contributed by atoms with Crippen LogP contribution in [0.3, 0.4) is 0 Å². The minimum Gasteiger partial charge on any atom is -0.406 e. The van der Waals surface area contributed by atoms with E-state index in [1.807, 2.05) is 0 Å². The van der Waals surface area contributed by atoms with Crippen molar-refractivity contribution < 1.29 is 17.9 Å². The van der Waals surface area contributed by atoms with Gasteiger partial charge in [-0.1, -0.05) is 15.9 Å². The molecule has 0 aliphatic carbocycles. The summed E-state index contributed by atoms with van der Waals surface area (Å²) < 4.78 is 43.8. The van der Waals surface area contributed by atoms with E-state index in [1.54, 1.807) is 0 Å². The van der Waals surface area contributed by atoms with Crippen molar-refractivity contribution in [3.8, 4) is 17.1 Å². The summed E-state index contributed by atoms with van der Waals surface area (Å²) in [6.45, 7) is 0. The number of hydrogen-bond donors (Lipinski definition) is 0. The third-order valence-electron chi connectivity index (χ3n) is 1.93. The van der Waals surface area contributed by atoms with Crippen molar-refractivity contribution in [1.82, 2.24) is 9.36 Å². The second kappa shape index (κ2) is 5.23. The van der Waals surface area contributed by atoms with Crippen LogP contribution in [-0.2, 0) is 5.33 Å². The Kier molecular flexibility index (Phi) is 3.86. The Bertz CT molecular complexity index is 527. The summed E-state index contributed by atoms with van der Waals surface area (Å²) in [7, 11) is 0. The van der Waals surface area contributed by atoms with E-state index in [-0.39, 0.29) is 5.75 Å². The fourth-order valence-electron chi connectivity index (χ4n) is 1.23. The Morgan fingerprint density at radius 2 is 1.89 bits per heavy atom. The lowest BCUT2D eigenvalue weighted by Crippen LogP contribution is -2.16. The van der Waals surface area contributed by atoms with Crippen molar-refractivity contribution in [3.63, 3.8) is 0 Å². The first-order valence-electron chi connectivity index (χ1n) is 4.72. The predicted octanol–water partition coefficient (Wildman–Crippen LogP) is 4.00. The van der Waals surface area contributed by atoms with E-state index in [2.05, 4.69) is 30.0 Å². The highest BCUT2D eigenvalue weighted by Crippen LogP contribution is 2.26. The van der Waals surface area contributed by atoms with Crippen LogP contribution in [-0.4, -0.2) is 15.7 Å². The molecule has 96 valence electrons. The molecule has 1 heterocycles. The van der Waals surface area contributed by atoms with Crippen LogP contribution in [0.15, 0.2) is 24.3 Å². The van der Waals surface area contributed by atoms with Crippen LogP contribution in [0.2, 0.25) is 0 Å². The van der Waals surface area contributed by atoms with E-state index in [0.29, 0.717) is 16.7 Å². The number of rotatable bonds is 3. The first-order valence-corrected chi connectivity index (χ1v) is 6.62. The third kappa shape index (κ3) is 3.42. The maximum absolute atomic E-state index is 12.0. The van der Waals surface area contributed by atoms with Gasteiger partial charge in [-0.05, 0) is 35.8 Å². The second-order valence-corrected chi connectivity index (χ2v) is 4.61. The first kappa shape index (κ1) is 13.3. The van der Waals surface area contributed by atoms with E-state index in [4.69, 9.17) is 0 Å². The smallest absolute Gasteiger partial charge is 0.406 e. The summed E-state index contributed by atoms with van der Waals surface area (Å²) in [6.07, 6.45) is -4.68. The standard InChI is InChI=1S/C10H6BrF3N2OS/c11-5-8-15-9(16-18-8)6-1-3-7(4-2-6)17-10(12,13)14/h1-4H,5H2. The lowest BCUT2D eigenvalue weighted by Gasteiger charge is -2.08. The fraction of sp³-hybridized carbons (Fsp3) is 0.200. The van der Waals surface area contributed by atoms with Gasteiger partial charge in [0.05, 0.1) is 5.33 Å². The van der Waals surface area contributed by atoms with Crippen molar-refractivity contribution in [2.75, 3.05) is 0 Å². The largest absolute Gasteiger partial charge is 0.573 e. The van der Waals surface area contributed by atoms with Crippen molar-refractivity contribution in [2.45, 2.75) is 11.7 Å². The molecule has 8 heteroatoms. The van der Waals surface area contributed by atoms with Gasteiger partial charge < -0.3 is 4.74 Å². The SMILES string of the molecule is FC(F)(F)Oc1ccc(-c2nsc(CBr)n2)cc1. The highest BCUT2D eigenvalue weighted by Gasteiger charge is 2.30. The van der Waals surface area contributed by atoms with Gasteiger partial charge in [0.25, 0.3) is 0 Å². The van der Waals surface area contributed by atoms with Gasteiger partial charge in [-0.3, -0.25) is 0 Å². The van der Waals surface area contributed by atoms with Gasteiger partial charge in [-0.2, -0.15) is 4.37 Å². The summed E-state index contributed by atoms with van der Waals surface area (Å²) >= 11 is 4.49. The molecular weight excluding hydrogens is 333 g/mol. The normalized spacial score (nSPS) is 11.6. The van der Waals surface area contributed by atoms with Crippen LogP contribution in [0.25, 0.3) is 11.4 Å². The van der Waals surface area contributed by atoms with Crippen molar-refractivity contribution >= 4 is 27.5 Å². The minimum absolute atomic E-state index is 0.262. The molecule has 1 aromatic carbocycles. The van der Waals surface area contributed by atoms with Crippen molar-refractivity contribution in [2.24, 2.45) is 0 Å². The molecule has 2 aromatic rings. The number of benzene rings is 1. The highest BCUT2D eigenvalue weighted by atomic mass is 79.9. The van der Waals surface area contributed by atoms with Gasteiger partial charge in [0, 0.05) is 5.56 Å². The van der Waals surface area contributed by atoms with E-state index >= 15 is 0 Å². The molecule has 0 radical (unpaired) electrons. The molecule has 0 atom stereocenters. The van der Waals surface area contributed by atoms with E-state index in [0.717, 1.165) is 5.01 Å². The quantitative estimate of drug-likeness (QED) is 0.793. The van der Waals surface area contributed by atoms with Crippen LogP contribution in [0, 0.1) is 0 Å². The van der Waals surface area contributed by atoms with E-state index in [9.17, 15) is 13.2 Å². The zero-order valence-corrected chi connectivity index (χ0v) is 11.1. The van der Waals surface area contributed by atoms with Crippen molar-refractivity contribution in [3.05, 3.63) is 29.3 Å². The maximum atomic E-state index is 12.0. The molecule has 2 rings (SSSR count). The first-order chi connectivity index (χ1) is 8.48. The highest BCUT2D eigenvalue weighted by molar-refractivity contribution is 9.08. The van der Waals surface area contributed by atoms with Crippen LogP contribution < -0.4 is 4.74 Å². The van der Waals surface area contributed by atoms with E-state index < -0.39 is 6.36 Å². The Labute approximate surface area is 113 Å². The van der Waals surface area contributed by atoms with E-state index in [1.165, 1.54) is 35.8 Å². The Morgan fingerprint density at radius 1 is 1.22 bits per heavy atom. The summed E-state index contributed by atoms with van der Waals surface area (Å²) in [5.41, 5.74) is 0.646. The zero-order valence-electron chi connectivity index (χ0n) is 8.74.